The molecule has 0 bridgehead atoms. The number of aromatic nitrogens is 4. The number of fused-ring (bicyclic) bond motifs is 3. The predicted molar refractivity (Wildman–Crippen MR) is 217 cm³/mol. The quantitative estimate of drug-likeness (QED) is 0.113. The van der Waals surface area contributed by atoms with Crippen molar-refractivity contribution in [2.75, 3.05) is 0 Å². The molecule has 6 heteroatoms. The van der Waals surface area contributed by atoms with E-state index in [9.17, 15) is 0 Å². The third-order valence-electron chi connectivity index (χ3n) is 9.93. The van der Waals surface area contributed by atoms with Gasteiger partial charge in [0.2, 0.25) is 0 Å². The zero-order valence-electron chi connectivity index (χ0n) is 32.4. The summed E-state index contributed by atoms with van der Waals surface area (Å²) in [5.74, 6) is 3.47. The molecule has 5 aromatic carbocycles. The van der Waals surface area contributed by atoms with Crippen molar-refractivity contribution in [2.45, 2.75) is 79.1 Å². The number of hydrogen-bond acceptors (Lipinski definition) is 2. The Morgan fingerprint density at radius 2 is 1.30 bits per heavy atom. The van der Waals surface area contributed by atoms with Crippen molar-refractivity contribution in [3.8, 4) is 34.2 Å². The molecule has 8 aromatic rings. The van der Waals surface area contributed by atoms with Crippen LogP contribution in [0.4, 0.5) is 0 Å². The van der Waals surface area contributed by atoms with Crippen LogP contribution in [0.15, 0.2) is 126 Å². The monoisotopic (exact) mass is 889 g/mol. The smallest absolute Gasteiger partial charge is 0.456 e. The minimum Gasteiger partial charge on any atom is -0.456 e. The van der Waals surface area contributed by atoms with E-state index in [1.807, 2.05) is 61.1 Å². The Morgan fingerprint density at radius 3 is 1.91 bits per heavy atom. The van der Waals surface area contributed by atoms with Crippen LogP contribution in [0.5, 0.6) is 0 Å². The molecular formula is C48H48IrN4O+. The molecule has 0 radical (unpaired) electrons. The number of benzene rings is 5. The van der Waals surface area contributed by atoms with E-state index in [0.717, 1.165) is 50.4 Å². The Balaban J connectivity index is 0.000000187. The molecule has 5 nitrogen and oxygen atoms in total. The van der Waals surface area contributed by atoms with E-state index in [-0.39, 0.29) is 20.1 Å². The van der Waals surface area contributed by atoms with Crippen LogP contribution in [0.25, 0.3) is 56.1 Å². The zero-order valence-corrected chi connectivity index (χ0v) is 34.8. The normalized spacial score (nSPS) is 11.5. The van der Waals surface area contributed by atoms with Crippen molar-refractivity contribution in [3.63, 3.8) is 0 Å². The number of para-hydroxylation sites is 2. The van der Waals surface area contributed by atoms with E-state index in [1.165, 1.54) is 27.9 Å². The van der Waals surface area contributed by atoms with E-state index in [4.69, 9.17) is 9.40 Å². The maximum absolute atomic E-state index is 6.42. The fraction of sp³-hybridized carbons (Fsp3) is 0.250. The van der Waals surface area contributed by atoms with Crippen molar-refractivity contribution in [2.24, 2.45) is 0 Å². The van der Waals surface area contributed by atoms with E-state index < -0.39 is 0 Å². The van der Waals surface area contributed by atoms with Gasteiger partial charge in [0.15, 0.2) is 0 Å². The van der Waals surface area contributed by atoms with Gasteiger partial charge in [-0.2, -0.15) is 0 Å². The summed E-state index contributed by atoms with van der Waals surface area (Å²) in [7, 11) is 0. The minimum atomic E-state index is 0. The van der Waals surface area contributed by atoms with Crippen LogP contribution in [0.2, 0.25) is 0 Å². The number of hydrogen-bond donors (Lipinski definition) is 0. The molecule has 0 aliphatic carbocycles. The summed E-state index contributed by atoms with van der Waals surface area (Å²) in [6.45, 7) is 17.9. The molecule has 3 aromatic heterocycles. The van der Waals surface area contributed by atoms with Gasteiger partial charge in [0.1, 0.15) is 11.2 Å². The number of furan rings is 1. The standard InChI is InChI=1S/C27H25N2O.C21H23N2.Ir/c1-17(2)21-16-22(18(3)4)26-24(20-12-8-9-13-23(20)30-26)25(21)29-15-14-28-27(29)19-10-6-5-7-11-19;1-15(2)18-11-8-12-19(16(3)4)20(18)23-14-13-22-21(23)17-9-6-5-7-10-17;/h5-10,12-18H,1-4H3;5-9,11-16H,1-4H3;/q2*-1;+3. The third kappa shape index (κ3) is 7.38. The topological polar surface area (TPSA) is 48.9 Å². The molecule has 0 unspecified atom stereocenters. The second-order valence-electron chi connectivity index (χ2n) is 14.9. The molecule has 0 saturated carbocycles. The van der Waals surface area contributed by atoms with Gasteiger partial charge in [0.05, 0.1) is 22.7 Å². The average molecular weight is 889 g/mol. The summed E-state index contributed by atoms with van der Waals surface area (Å²) in [4.78, 5) is 9.29. The molecule has 54 heavy (non-hydrogen) atoms. The van der Waals surface area contributed by atoms with Gasteiger partial charge in [0, 0.05) is 35.9 Å². The van der Waals surface area contributed by atoms with Crippen molar-refractivity contribution >= 4 is 21.9 Å². The van der Waals surface area contributed by atoms with Gasteiger partial charge in [-0.3, -0.25) is 9.97 Å². The van der Waals surface area contributed by atoms with E-state index in [2.05, 4.69) is 142 Å². The first kappa shape index (κ1) is 38.7. The number of imidazole rings is 2. The Labute approximate surface area is 333 Å². The number of rotatable bonds is 8. The molecule has 0 N–H and O–H groups in total. The predicted octanol–water partition coefficient (Wildman–Crippen LogP) is 12.1. The van der Waals surface area contributed by atoms with Crippen LogP contribution in [0.3, 0.4) is 0 Å². The third-order valence-corrected chi connectivity index (χ3v) is 9.93. The van der Waals surface area contributed by atoms with Gasteiger partial charge in [-0.05, 0) is 58.1 Å². The van der Waals surface area contributed by atoms with Crippen LogP contribution in [0.1, 0.15) is 101 Å². The maximum Gasteiger partial charge on any atom is 3.00 e. The zero-order chi connectivity index (χ0) is 37.2. The summed E-state index contributed by atoms with van der Waals surface area (Å²) in [6.07, 6.45) is 7.85. The Kier molecular flexibility index (Phi) is 11.9. The van der Waals surface area contributed by atoms with Crippen LogP contribution in [-0.4, -0.2) is 9.55 Å². The molecule has 0 amide bonds. The number of nitrogens with zero attached hydrogens (tertiary/aromatic N) is 4. The van der Waals surface area contributed by atoms with Crippen LogP contribution < -0.4 is 9.55 Å². The van der Waals surface area contributed by atoms with E-state index >= 15 is 0 Å². The van der Waals surface area contributed by atoms with Gasteiger partial charge >= 0.3 is 20.1 Å². The van der Waals surface area contributed by atoms with Crippen molar-refractivity contribution in [3.05, 3.63) is 156 Å². The van der Waals surface area contributed by atoms with E-state index in [1.54, 1.807) is 0 Å². The molecule has 8 rings (SSSR count). The SMILES string of the molecule is CC(C)c1cc(C(C)C)c2oc3ccccc3c2c1-n1ccnc1-c1[c-]cccc1.CC(C)c1cccc(C(C)C)c1-[n+]1cc[n-]c1-c1[c-]cccc1.[Ir+3]. The van der Waals surface area contributed by atoms with E-state index in [0.29, 0.717) is 23.7 Å². The van der Waals surface area contributed by atoms with Gasteiger partial charge < -0.3 is 13.6 Å². The summed E-state index contributed by atoms with van der Waals surface area (Å²) in [6, 6.07) is 39.9. The van der Waals surface area contributed by atoms with Gasteiger partial charge in [0.25, 0.3) is 0 Å². The molecule has 0 atom stereocenters. The fourth-order valence-corrected chi connectivity index (χ4v) is 7.28. The summed E-state index contributed by atoms with van der Waals surface area (Å²) >= 11 is 0. The Bertz CT molecular complexity index is 2440. The second kappa shape index (κ2) is 16.5. The summed E-state index contributed by atoms with van der Waals surface area (Å²) in [5.41, 5.74) is 11.6. The van der Waals surface area contributed by atoms with Crippen molar-refractivity contribution in [1.29, 1.82) is 0 Å². The van der Waals surface area contributed by atoms with Crippen LogP contribution in [0, 0.1) is 12.1 Å². The molecule has 0 aliphatic rings. The average Bonchev–Trinajstić information content (AvgIpc) is 3.94. The second-order valence-corrected chi connectivity index (χ2v) is 14.9. The van der Waals surface area contributed by atoms with Gasteiger partial charge in [-0.1, -0.05) is 91.8 Å². The minimum absolute atomic E-state index is 0. The van der Waals surface area contributed by atoms with Crippen molar-refractivity contribution in [1.82, 2.24) is 14.5 Å². The first-order valence-corrected chi connectivity index (χ1v) is 18.8. The Hall–Kier alpha value is -5.03. The molecule has 0 fully saturated rings. The summed E-state index contributed by atoms with van der Waals surface area (Å²) in [5, 5.41) is 2.30. The molecule has 0 aliphatic heterocycles. The molecule has 274 valence electrons. The summed E-state index contributed by atoms with van der Waals surface area (Å²) < 4.78 is 10.8. The molecule has 0 saturated heterocycles. The first-order chi connectivity index (χ1) is 25.7. The van der Waals surface area contributed by atoms with Crippen molar-refractivity contribution < 1.29 is 29.1 Å². The maximum atomic E-state index is 6.42. The van der Waals surface area contributed by atoms with Crippen LogP contribution >= 0.6 is 0 Å². The fourth-order valence-electron chi connectivity index (χ4n) is 7.28. The molecule has 0 spiro atoms. The molecular weight excluding hydrogens is 841 g/mol. The van der Waals surface area contributed by atoms with Gasteiger partial charge in [-0.15, -0.1) is 71.8 Å². The largest absolute Gasteiger partial charge is 3.00 e. The Morgan fingerprint density at radius 1 is 0.685 bits per heavy atom. The van der Waals surface area contributed by atoms with Gasteiger partial charge in [-0.25, -0.2) is 0 Å². The first-order valence-electron chi connectivity index (χ1n) is 18.8. The van der Waals surface area contributed by atoms with Crippen LogP contribution in [-0.2, 0) is 20.1 Å². The molecule has 3 heterocycles.